The minimum atomic E-state index is -0.944. The number of unbranched alkanes of at least 4 members (excludes halogenated alkanes) is 11. The van der Waals surface area contributed by atoms with Gasteiger partial charge in [0, 0.05) is 19.4 Å². The molecule has 242 valence electrons. The first-order chi connectivity index (χ1) is 20.2. The number of nitrogens with one attached hydrogen (secondary N) is 2. The molecule has 2 amide bonds. The maximum atomic E-state index is 12.2. The van der Waals surface area contributed by atoms with Crippen molar-refractivity contribution in [3.05, 3.63) is 12.2 Å². The van der Waals surface area contributed by atoms with E-state index in [9.17, 15) is 19.2 Å². The van der Waals surface area contributed by atoms with Crippen LogP contribution in [0.3, 0.4) is 0 Å². The molecule has 2 atom stereocenters. The van der Waals surface area contributed by atoms with Gasteiger partial charge in [0.1, 0.15) is 12.1 Å². The number of carbonyl (C=O) groups excluding carboxylic acids is 3. The van der Waals surface area contributed by atoms with Crippen LogP contribution >= 0.6 is 0 Å². The maximum absolute atomic E-state index is 12.2. The van der Waals surface area contributed by atoms with Crippen LogP contribution in [0.2, 0.25) is 0 Å². The lowest BCUT2D eigenvalue weighted by Crippen LogP contribution is -2.42. The van der Waals surface area contributed by atoms with E-state index in [1.54, 1.807) is 6.92 Å². The Morgan fingerprint density at radius 1 is 0.976 bits per heavy atom. The van der Waals surface area contributed by atoms with E-state index in [2.05, 4.69) is 34.7 Å². The zero-order valence-corrected chi connectivity index (χ0v) is 26.0. The summed E-state index contributed by atoms with van der Waals surface area (Å²) in [7, 11) is 0. The molecular formula is C31H57N5O6. The molecule has 0 radical (unpaired) electrons. The molecule has 11 heteroatoms. The van der Waals surface area contributed by atoms with Gasteiger partial charge < -0.3 is 31.9 Å². The number of guanidine groups is 1. The number of hydrogen-bond donors (Lipinski definition) is 5. The summed E-state index contributed by atoms with van der Waals surface area (Å²) in [6, 6.07) is -1.28. The van der Waals surface area contributed by atoms with Crippen molar-refractivity contribution in [2.75, 3.05) is 13.2 Å². The molecule has 0 bridgehead atoms. The van der Waals surface area contributed by atoms with Crippen molar-refractivity contribution < 1.29 is 29.0 Å². The molecule has 1 heterocycles. The Balaban J connectivity index is 0.00000157. The van der Waals surface area contributed by atoms with E-state index in [4.69, 9.17) is 21.3 Å². The predicted molar refractivity (Wildman–Crippen MR) is 167 cm³/mol. The van der Waals surface area contributed by atoms with Crippen LogP contribution in [-0.4, -0.2) is 60.1 Å². The average molecular weight is 596 g/mol. The van der Waals surface area contributed by atoms with Crippen molar-refractivity contribution in [1.82, 2.24) is 10.6 Å². The number of carbonyl (C=O) groups is 4. The van der Waals surface area contributed by atoms with Gasteiger partial charge in [0.25, 0.3) is 0 Å². The number of ether oxygens (including phenoxy) is 1. The van der Waals surface area contributed by atoms with Gasteiger partial charge in [0.05, 0.1) is 6.61 Å². The number of hydrogen-bond acceptors (Lipinski definition) is 6. The van der Waals surface area contributed by atoms with Crippen LogP contribution in [0.1, 0.15) is 129 Å². The normalized spacial score (nSPS) is 14.9. The zero-order valence-electron chi connectivity index (χ0n) is 26.0. The van der Waals surface area contributed by atoms with Gasteiger partial charge in [-0.25, -0.2) is 9.59 Å². The van der Waals surface area contributed by atoms with E-state index in [1.807, 2.05) is 0 Å². The van der Waals surface area contributed by atoms with E-state index >= 15 is 0 Å². The van der Waals surface area contributed by atoms with Crippen molar-refractivity contribution in [1.29, 1.82) is 0 Å². The smallest absolute Gasteiger partial charge is 0.328 e. The maximum Gasteiger partial charge on any atom is 0.328 e. The lowest BCUT2D eigenvalue weighted by atomic mass is 10.1. The summed E-state index contributed by atoms with van der Waals surface area (Å²) in [6.45, 7) is 4.71. The van der Waals surface area contributed by atoms with E-state index in [-0.39, 0.29) is 24.4 Å². The number of nitrogens with two attached hydrogens (primary N) is 2. The average Bonchev–Trinajstić information content (AvgIpc) is 3.39. The van der Waals surface area contributed by atoms with Crippen molar-refractivity contribution in [2.24, 2.45) is 16.5 Å². The van der Waals surface area contributed by atoms with Gasteiger partial charge in [-0.2, -0.15) is 0 Å². The molecule has 1 unspecified atom stereocenters. The second-order valence-electron chi connectivity index (χ2n) is 10.7. The van der Waals surface area contributed by atoms with Crippen LogP contribution in [0.4, 0.5) is 0 Å². The number of allylic oxidation sites excluding steroid dienone is 2. The lowest BCUT2D eigenvalue weighted by molar-refractivity contribution is -0.147. The first kappa shape index (κ1) is 38.9. The number of rotatable bonds is 23. The molecule has 7 N–H and O–H groups in total. The van der Waals surface area contributed by atoms with Gasteiger partial charge >= 0.3 is 11.9 Å². The second kappa shape index (κ2) is 26.8. The van der Waals surface area contributed by atoms with Gasteiger partial charge in [-0.1, -0.05) is 70.4 Å². The number of aliphatic carboxylic acids is 1. The quantitative estimate of drug-likeness (QED) is 0.0376. The number of aliphatic imine (C=N–C) groups is 1. The third kappa shape index (κ3) is 23.6. The minimum Gasteiger partial charge on any atom is -0.480 e. The van der Waals surface area contributed by atoms with Crippen LogP contribution in [0.5, 0.6) is 0 Å². The number of nitrogens with zero attached hydrogens (tertiary/aromatic N) is 1. The number of esters is 1. The van der Waals surface area contributed by atoms with Crippen molar-refractivity contribution >= 4 is 29.7 Å². The summed E-state index contributed by atoms with van der Waals surface area (Å²) in [6.07, 6.45) is 22.8. The SMILES string of the molecule is CCCCCCCC/C=C\CCCCCCCC(=O)N[C@@H](CCCN=C(N)N)C(=O)OCC.O=C1CCC(C(=O)O)N1. The lowest BCUT2D eigenvalue weighted by Gasteiger charge is -2.17. The second-order valence-corrected chi connectivity index (χ2v) is 10.7. The predicted octanol–water partition coefficient (Wildman–Crippen LogP) is 4.48. The molecule has 42 heavy (non-hydrogen) atoms. The summed E-state index contributed by atoms with van der Waals surface area (Å²) < 4.78 is 5.07. The third-order valence-electron chi connectivity index (χ3n) is 6.81. The molecule has 1 rings (SSSR count). The highest BCUT2D eigenvalue weighted by molar-refractivity contribution is 5.87. The van der Waals surface area contributed by atoms with Gasteiger partial charge in [-0.05, 0) is 58.3 Å². The minimum absolute atomic E-state index is 0.0240. The number of amides is 2. The van der Waals surface area contributed by atoms with Crippen molar-refractivity contribution in [2.45, 2.75) is 142 Å². The number of carboxylic acids is 1. The molecular weight excluding hydrogens is 538 g/mol. The summed E-state index contributed by atoms with van der Waals surface area (Å²) >= 11 is 0. The highest BCUT2D eigenvalue weighted by Crippen LogP contribution is 2.11. The molecule has 1 saturated heterocycles. The fraction of sp³-hybridized carbons (Fsp3) is 0.774. The molecule has 0 aromatic rings. The molecule has 0 saturated carbocycles. The van der Waals surface area contributed by atoms with E-state index < -0.39 is 24.0 Å². The Hall–Kier alpha value is -3.11. The largest absolute Gasteiger partial charge is 0.480 e. The van der Waals surface area contributed by atoms with Crippen molar-refractivity contribution in [3.63, 3.8) is 0 Å². The number of carboxylic acid groups (broad SMARTS) is 1. The van der Waals surface area contributed by atoms with Crippen molar-refractivity contribution in [3.8, 4) is 0 Å². The molecule has 0 aromatic carbocycles. The Labute approximate surface area is 252 Å². The Kier molecular flexibility index (Phi) is 24.8. The van der Waals surface area contributed by atoms with E-state index in [0.717, 1.165) is 25.7 Å². The van der Waals surface area contributed by atoms with Crippen LogP contribution in [0.15, 0.2) is 17.1 Å². The summed E-state index contributed by atoms with van der Waals surface area (Å²) in [5.74, 6) is -1.59. The van der Waals surface area contributed by atoms with Crippen LogP contribution < -0.4 is 22.1 Å². The highest BCUT2D eigenvalue weighted by Gasteiger charge is 2.26. The van der Waals surface area contributed by atoms with Gasteiger partial charge in [-0.15, -0.1) is 0 Å². The van der Waals surface area contributed by atoms with Gasteiger partial charge in [0.15, 0.2) is 5.96 Å². The highest BCUT2D eigenvalue weighted by atomic mass is 16.5. The summed E-state index contributed by atoms with van der Waals surface area (Å²) in [5.41, 5.74) is 10.6. The molecule has 1 aliphatic heterocycles. The topological polar surface area (TPSA) is 186 Å². The molecule has 0 spiro atoms. The third-order valence-corrected chi connectivity index (χ3v) is 6.81. The Bertz CT molecular complexity index is 814. The Morgan fingerprint density at radius 3 is 2.07 bits per heavy atom. The van der Waals surface area contributed by atoms with Gasteiger partial charge in [0.2, 0.25) is 11.8 Å². The fourth-order valence-electron chi connectivity index (χ4n) is 4.42. The fourth-order valence-corrected chi connectivity index (χ4v) is 4.42. The van der Waals surface area contributed by atoms with Crippen LogP contribution in [0.25, 0.3) is 0 Å². The molecule has 0 aromatic heterocycles. The van der Waals surface area contributed by atoms with E-state index in [0.29, 0.717) is 38.6 Å². The summed E-state index contributed by atoms with van der Waals surface area (Å²) in [5, 5.41) is 13.4. The molecule has 1 fully saturated rings. The first-order valence-corrected chi connectivity index (χ1v) is 15.9. The van der Waals surface area contributed by atoms with E-state index in [1.165, 1.54) is 57.8 Å². The zero-order chi connectivity index (χ0) is 31.4. The molecule has 1 aliphatic rings. The standard InChI is InChI=1S/C26H50N4O3.C5H7NO3/c1-3-5-6-7-8-9-10-11-12-13-14-15-16-17-18-21-24(31)30-23(25(32)33-4-2)20-19-22-29-26(27)28;7-4-2-1-3(6-4)5(8)9/h11-12,23H,3-10,13-22H2,1-2H3,(H,30,31)(H4,27,28,29);3H,1-2H2,(H,6,7)(H,8,9)/b12-11-;/t23-;/m0./s1. The Morgan fingerprint density at radius 2 is 1.57 bits per heavy atom. The molecule has 11 nitrogen and oxygen atoms in total. The van der Waals surface area contributed by atoms with Gasteiger partial charge in [-0.3, -0.25) is 14.6 Å². The first-order valence-electron chi connectivity index (χ1n) is 15.9. The van der Waals surface area contributed by atoms with Crippen LogP contribution in [-0.2, 0) is 23.9 Å². The monoisotopic (exact) mass is 595 g/mol. The summed E-state index contributed by atoms with van der Waals surface area (Å²) in [4.78, 5) is 48.8. The molecule has 0 aliphatic carbocycles. The van der Waals surface area contributed by atoms with Crippen LogP contribution in [0, 0.1) is 0 Å².